The number of benzene rings is 2. The van der Waals surface area contributed by atoms with E-state index in [0.29, 0.717) is 16.9 Å². The van der Waals surface area contributed by atoms with Gasteiger partial charge in [-0.05, 0) is 86.1 Å². The van der Waals surface area contributed by atoms with Crippen LogP contribution in [0.5, 0.6) is 11.5 Å². The van der Waals surface area contributed by atoms with Gasteiger partial charge in [-0.1, -0.05) is 142 Å². The molecule has 2 aromatic rings. The van der Waals surface area contributed by atoms with Crippen molar-refractivity contribution in [3.05, 3.63) is 71.8 Å². The maximum Gasteiger partial charge on any atom is 0.338 e. The fraction of sp³-hybridized carbons (Fsp3) is 0.571. The van der Waals surface area contributed by atoms with Crippen LogP contribution in [0.4, 0.5) is 0 Å². The number of hydrogen-bond acceptors (Lipinski definition) is 4. The van der Waals surface area contributed by atoms with Gasteiger partial charge >= 0.3 is 11.9 Å². The zero-order valence-electron chi connectivity index (χ0n) is 29.7. The number of carbonyl (C=O) groups excluding carboxylic acids is 2. The third-order valence-electron chi connectivity index (χ3n) is 8.63. The van der Waals surface area contributed by atoms with Crippen molar-refractivity contribution in [2.75, 3.05) is 0 Å². The smallest absolute Gasteiger partial charge is 0.338 e. The van der Waals surface area contributed by atoms with Crippen LogP contribution in [0.25, 0.3) is 11.1 Å². The lowest BCUT2D eigenvalue weighted by Crippen LogP contribution is -2.12. The van der Waals surface area contributed by atoms with E-state index in [1.165, 1.54) is 103 Å². The first-order chi connectivity index (χ1) is 22.3. The Kier molecular flexibility index (Phi) is 19.7. The van der Waals surface area contributed by atoms with Crippen LogP contribution in [0.1, 0.15) is 154 Å². The van der Waals surface area contributed by atoms with Gasteiger partial charge in [-0.3, -0.25) is 0 Å². The summed E-state index contributed by atoms with van der Waals surface area (Å²) in [5.74, 6) is 0.428. The van der Waals surface area contributed by atoms with Gasteiger partial charge < -0.3 is 9.47 Å². The molecule has 0 spiro atoms. The van der Waals surface area contributed by atoms with Crippen molar-refractivity contribution in [2.24, 2.45) is 0 Å². The van der Waals surface area contributed by atoms with E-state index in [9.17, 15) is 9.59 Å². The van der Waals surface area contributed by atoms with Gasteiger partial charge in [0.2, 0.25) is 0 Å². The van der Waals surface area contributed by atoms with Crippen LogP contribution in [0.3, 0.4) is 0 Å². The van der Waals surface area contributed by atoms with Gasteiger partial charge in [0.15, 0.2) is 0 Å². The van der Waals surface area contributed by atoms with Gasteiger partial charge in [-0.2, -0.15) is 0 Å². The van der Waals surface area contributed by atoms with Gasteiger partial charge in [0, 0.05) is 11.1 Å². The van der Waals surface area contributed by atoms with Crippen molar-refractivity contribution in [2.45, 2.75) is 156 Å². The average molecular weight is 631 g/mol. The molecule has 4 nitrogen and oxygen atoms in total. The summed E-state index contributed by atoms with van der Waals surface area (Å²) in [5.41, 5.74) is 5.06. The lowest BCUT2D eigenvalue weighted by atomic mass is 9.93. The molecule has 0 atom stereocenters. The molecule has 0 aliphatic carbocycles. The fourth-order valence-corrected chi connectivity index (χ4v) is 5.77. The first kappa shape index (κ1) is 39.0. The predicted molar refractivity (Wildman–Crippen MR) is 195 cm³/mol. The first-order valence-corrected chi connectivity index (χ1v) is 18.3. The van der Waals surface area contributed by atoms with Gasteiger partial charge in [-0.15, -0.1) is 0 Å². The number of carbonyl (C=O) groups is 2. The Hall–Kier alpha value is -3.14. The molecule has 2 rings (SSSR count). The molecular weight excluding hydrogens is 568 g/mol. The highest BCUT2D eigenvalue weighted by Crippen LogP contribution is 2.35. The molecule has 0 aliphatic rings. The molecule has 0 aliphatic heterocycles. The van der Waals surface area contributed by atoms with E-state index in [1.807, 2.05) is 24.3 Å². The summed E-state index contributed by atoms with van der Waals surface area (Å²) in [6.45, 7) is 15.4. The zero-order chi connectivity index (χ0) is 33.6. The van der Waals surface area contributed by atoms with E-state index >= 15 is 0 Å². The summed E-state index contributed by atoms with van der Waals surface area (Å²) < 4.78 is 11.5. The summed E-state index contributed by atoms with van der Waals surface area (Å²) in [7, 11) is 0. The van der Waals surface area contributed by atoms with Gasteiger partial charge in [0.1, 0.15) is 11.5 Å². The Morgan fingerprint density at radius 2 is 0.891 bits per heavy atom. The van der Waals surface area contributed by atoms with E-state index in [4.69, 9.17) is 9.47 Å². The summed E-state index contributed by atoms with van der Waals surface area (Å²) in [6, 6.07) is 12.0. The Bertz CT molecular complexity index is 1160. The Morgan fingerprint density at radius 1 is 0.522 bits per heavy atom. The molecule has 2 aromatic carbocycles. The SMILES string of the molecule is C=C(C)C(=O)Oc1ccc(-c2cc(CCCCCCCCCCC)c(OC(=O)C(=C)C)c(CCCCCCCCCCC)c2)cc1. The summed E-state index contributed by atoms with van der Waals surface area (Å²) in [6.07, 6.45) is 24.5. The van der Waals surface area contributed by atoms with Crippen LogP contribution in [0.15, 0.2) is 60.7 Å². The van der Waals surface area contributed by atoms with Crippen molar-refractivity contribution in [3.63, 3.8) is 0 Å². The number of ether oxygens (including phenoxy) is 2. The molecule has 0 heterocycles. The van der Waals surface area contributed by atoms with Crippen molar-refractivity contribution in [3.8, 4) is 22.6 Å². The van der Waals surface area contributed by atoms with Crippen molar-refractivity contribution >= 4 is 11.9 Å². The Labute approximate surface area is 281 Å². The minimum atomic E-state index is -0.428. The predicted octanol–water partition coefficient (Wildman–Crippen LogP) is 12.5. The van der Waals surface area contributed by atoms with E-state index in [0.717, 1.165) is 53.7 Å². The van der Waals surface area contributed by atoms with Crippen LogP contribution in [-0.2, 0) is 22.4 Å². The van der Waals surface area contributed by atoms with Crippen molar-refractivity contribution in [1.29, 1.82) is 0 Å². The molecule has 0 aromatic heterocycles. The monoisotopic (exact) mass is 630 g/mol. The van der Waals surface area contributed by atoms with E-state index < -0.39 is 5.97 Å². The number of rotatable bonds is 25. The normalized spacial score (nSPS) is 11.0. The van der Waals surface area contributed by atoms with Crippen LogP contribution in [0.2, 0.25) is 0 Å². The average Bonchev–Trinajstić information content (AvgIpc) is 3.04. The minimum absolute atomic E-state index is 0.363. The van der Waals surface area contributed by atoms with Crippen molar-refractivity contribution < 1.29 is 19.1 Å². The molecule has 46 heavy (non-hydrogen) atoms. The Balaban J connectivity index is 2.24. The molecular formula is C42H62O4. The zero-order valence-corrected chi connectivity index (χ0v) is 29.7. The van der Waals surface area contributed by atoms with Gasteiger partial charge in [0.25, 0.3) is 0 Å². The summed E-state index contributed by atoms with van der Waals surface area (Å²) in [4.78, 5) is 24.8. The molecule has 0 N–H and O–H groups in total. The number of esters is 2. The lowest BCUT2D eigenvalue weighted by Gasteiger charge is -2.18. The molecule has 0 amide bonds. The van der Waals surface area contributed by atoms with Crippen LogP contribution < -0.4 is 9.47 Å². The molecule has 4 heteroatoms. The second-order valence-electron chi connectivity index (χ2n) is 13.1. The standard InChI is InChI=1S/C42H62O4/c1-7-9-11-13-15-17-19-21-23-25-36-31-38(35-27-29-39(30-28-35)45-41(43)33(3)4)32-37(40(36)46-42(44)34(5)6)26-24-22-20-18-16-14-12-10-8-2/h27-32H,3,5,7-26H2,1-2,4,6H3. The van der Waals surface area contributed by atoms with Gasteiger partial charge in [-0.25, -0.2) is 9.59 Å². The highest BCUT2D eigenvalue weighted by atomic mass is 16.5. The fourth-order valence-electron chi connectivity index (χ4n) is 5.77. The third kappa shape index (κ3) is 15.4. The van der Waals surface area contributed by atoms with Crippen LogP contribution in [-0.4, -0.2) is 11.9 Å². The number of unbranched alkanes of at least 4 members (excludes halogenated alkanes) is 16. The summed E-state index contributed by atoms with van der Waals surface area (Å²) >= 11 is 0. The maximum atomic E-state index is 12.8. The first-order valence-electron chi connectivity index (χ1n) is 18.3. The van der Waals surface area contributed by atoms with Crippen molar-refractivity contribution in [1.82, 2.24) is 0 Å². The highest BCUT2D eigenvalue weighted by Gasteiger charge is 2.18. The minimum Gasteiger partial charge on any atom is -0.423 e. The summed E-state index contributed by atoms with van der Waals surface area (Å²) in [5, 5.41) is 0. The second kappa shape index (κ2) is 23.2. The molecule has 0 radical (unpaired) electrons. The molecule has 0 saturated heterocycles. The maximum absolute atomic E-state index is 12.8. The molecule has 0 unspecified atom stereocenters. The molecule has 0 fully saturated rings. The van der Waals surface area contributed by atoms with E-state index in [2.05, 4.69) is 39.1 Å². The second-order valence-corrected chi connectivity index (χ2v) is 13.1. The molecule has 0 saturated carbocycles. The molecule has 254 valence electrons. The van der Waals surface area contributed by atoms with Gasteiger partial charge in [0.05, 0.1) is 0 Å². The number of aryl methyl sites for hydroxylation is 2. The largest absolute Gasteiger partial charge is 0.423 e. The topological polar surface area (TPSA) is 52.6 Å². The highest BCUT2D eigenvalue weighted by molar-refractivity contribution is 5.89. The lowest BCUT2D eigenvalue weighted by molar-refractivity contribution is -0.131. The number of hydrogen-bond donors (Lipinski definition) is 0. The molecule has 0 bridgehead atoms. The quantitative estimate of drug-likeness (QED) is 0.0474. The van der Waals surface area contributed by atoms with Crippen LogP contribution >= 0.6 is 0 Å². The van der Waals surface area contributed by atoms with E-state index in [-0.39, 0.29) is 5.97 Å². The Morgan fingerprint density at radius 3 is 1.28 bits per heavy atom. The third-order valence-corrected chi connectivity index (χ3v) is 8.63. The van der Waals surface area contributed by atoms with E-state index in [1.54, 1.807) is 13.8 Å². The van der Waals surface area contributed by atoms with Crippen LogP contribution in [0, 0.1) is 0 Å².